The SMILES string of the molecule is CCc1cc2c(c(S(=O)(=O)Cl)c1)NC(=O)C2(C)C. The molecule has 1 aliphatic heterocycles. The second-order valence-electron chi connectivity index (χ2n) is 4.89. The van der Waals surface area contributed by atoms with Crippen LogP contribution in [0.4, 0.5) is 5.69 Å². The van der Waals surface area contributed by atoms with Crippen LogP contribution in [0.25, 0.3) is 0 Å². The molecule has 1 aliphatic rings. The van der Waals surface area contributed by atoms with E-state index in [9.17, 15) is 13.2 Å². The summed E-state index contributed by atoms with van der Waals surface area (Å²) in [5.41, 5.74) is 1.11. The van der Waals surface area contributed by atoms with Crippen LogP contribution in [-0.2, 0) is 25.7 Å². The summed E-state index contributed by atoms with van der Waals surface area (Å²) < 4.78 is 23.2. The second kappa shape index (κ2) is 3.96. The molecular weight excluding hydrogens is 274 g/mol. The van der Waals surface area contributed by atoms with Crippen LogP contribution in [-0.4, -0.2) is 14.3 Å². The molecule has 18 heavy (non-hydrogen) atoms. The molecule has 0 aromatic heterocycles. The van der Waals surface area contributed by atoms with Crippen molar-refractivity contribution >= 4 is 31.3 Å². The van der Waals surface area contributed by atoms with Crippen molar-refractivity contribution in [2.45, 2.75) is 37.5 Å². The van der Waals surface area contributed by atoms with Gasteiger partial charge in [-0.15, -0.1) is 0 Å². The third kappa shape index (κ3) is 1.91. The van der Waals surface area contributed by atoms with E-state index in [1.807, 2.05) is 13.0 Å². The lowest BCUT2D eigenvalue weighted by atomic mass is 9.85. The molecule has 98 valence electrons. The number of anilines is 1. The fraction of sp³-hybridized carbons (Fsp3) is 0.417. The smallest absolute Gasteiger partial charge is 0.263 e. The van der Waals surface area contributed by atoms with Gasteiger partial charge in [0, 0.05) is 10.7 Å². The normalized spacial score (nSPS) is 17.4. The summed E-state index contributed by atoms with van der Waals surface area (Å²) in [6, 6.07) is 3.38. The number of fused-ring (bicyclic) bond motifs is 1. The highest BCUT2D eigenvalue weighted by Gasteiger charge is 2.41. The highest BCUT2D eigenvalue weighted by Crippen LogP contribution is 2.42. The number of nitrogens with one attached hydrogen (secondary N) is 1. The van der Waals surface area contributed by atoms with Crippen molar-refractivity contribution in [1.29, 1.82) is 0 Å². The average molecular weight is 288 g/mol. The maximum atomic E-state index is 11.9. The number of hydrogen-bond donors (Lipinski definition) is 1. The third-order valence-electron chi connectivity index (χ3n) is 3.31. The first-order chi connectivity index (χ1) is 8.17. The van der Waals surface area contributed by atoms with Crippen molar-refractivity contribution in [2.24, 2.45) is 0 Å². The molecule has 1 amide bonds. The number of rotatable bonds is 2. The van der Waals surface area contributed by atoms with Crippen LogP contribution >= 0.6 is 10.7 Å². The predicted octanol–water partition coefficient (Wildman–Crippen LogP) is 2.41. The van der Waals surface area contributed by atoms with E-state index in [0.717, 1.165) is 5.56 Å². The second-order valence-corrected chi connectivity index (χ2v) is 7.42. The zero-order valence-corrected chi connectivity index (χ0v) is 11.9. The van der Waals surface area contributed by atoms with Crippen LogP contribution in [0, 0.1) is 0 Å². The van der Waals surface area contributed by atoms with Gasteiger partial charge >= 0.3 is 0 Å². The van der Waals surface area contributed by atoms with Gasteiger partial charge in [0.05, 0.1) is 11.1 Å². The number of aryl methyl sites for hydroxylation is 1. The Balaban J connectivity index is 2.82. The molecule has 0 spiro atoms. The third-order valence-corrected chi connectivity index (χ3v) is 4.66. The molecule has 1 aromatic carbocycles. The topological polar surface area (TPSA) is 63.2 Å². The van der Waals surface area contributed by atoms with E-state index in [-0.39, 0.29) is 10.8 Å². The van der Waals surface area contributed by atoms with Crippen molar-refractivity contribution in [3.8, 4) is 0 Å². The van der Waals surface area contributed by atoms with Gasteiger partial charge in [-0.2, -0.15) is 0 Å². The van der Waals surface area contributed by atoms with Gasteiger partial charge in [0.1, 0.15) is 4.90 Å². The lowest BCUT2D eigenvalue weighted by Crippen LogP contribution is -2.26. The Morgan fingerprint density at radius 3 is 2.44 bits per heavy atom. The monoisotopic (exact) mass is 287 g/mol. The summed E-state index contributed by atoms with van der Waals surface area (Å²) in [5.74, 6) is -0.215. The Kier molecular flexibility index (Phi) is 2.94. The summed E-state index contributed by atoms with van der Waals surface area (Å²) in [7, 11) is 1.56. The molecular formula is C12H14ClNO3S. The molecule has 0 fully saturated rings. The average Bonchev–Trinajstić information content (AvgIpc) is 2.48. The summed E-state index contributed by atoms with van der Waals surface area (Å²) in [5, 5.41) is 2.61. The van der Waals surface area contributed by atoms with Crippen molar-refractivity contribution in [3.05, 3.63) is 23.3 Å². The Morgan fingerprint density at radius 2 is 1.94 bits per heavy atom. The maximum Gasteiger partial charge on any atom is 0.263 e. The predicted molar refractivity (Wildman–Crippen MR) is 70.5 cm³/mol. The van der Waals surface area contributed by atoms with E-state index < -0.39 is 14.5 Å². The summed E-state index contributed by atoms with van der Waals surface area (Å²) in [6.45, 7) is 5.44. The Bertz CT molecular complexity index is 635. The van der Waals surface area contributed by atoms with Crippen LogP contribution < -0.4 is 5.32 Å². The number of carbonyl (C=O) groups excluding carboxylic acids is 1. The van der Waals surface area contributed by atoms with Crippen LogP contribution in [0.3, 0.4) is 0 Å². The molecule has 2 rings (SSSR count). The molecule has 1 aromatic rings. The van der Waals surface area contributed by atoms with Gasteiger partial charge in [0.2, 0.25) is 5.91 Å². The Labute approximate surface area is 111 Å². The zero-order valence-electron chi connectivity index (χ0n) is 10.4. The molecule has 1 N–H and O–H groups in total. The molecule has 0 radical (unpaired) electrons. The van der Waals surface area contributed by atoms with E-state index in [1.54, 1.807) is 13.8 Å². The summed E-state index contributed by atoms with van der Waals surface area (Å²) >= 11 is 0. The molecule has 0 atom stereocenters. The van der Waals surface area contributed by atoms with E-state index in [2.05, 4.69) is 5.32 Å². The van der Waals surface area contributed by atoms with Crippen molar-refractivity contribution in [1.82, 2.24) is 0 Å². The van der Waals surface area contributed by atoms with Gasteiger partial charge < -0.3 is 5.32 Å². The Morgan fingerprint density at radius 1 is 1.33 bits per heavy atom. The Hall–Kier alpha value is -1.07. The minimum Gasteiger partial charge on any atom is -0.324 e. The van der Waals surface area contributed by atoms with Crippen molar-refractivity contribution in [3.63, 3.8) is 0 Å². The highest BCUT2D eigenvalue weighted by molar-refractivity contribution is 8.13. The van der Waals surface area contributed by atoms with E-state index in [0.29, 0.717) is 17.7 Å². The van der Waals surface area contributed by atoms with Crippen LogP contribution in [0.2, 0.25) is 0 Å². The van der Waals surface area contributed by atoms with Crippen LogP contribution in [0.1, 0.15) is 31.9 Å². The molecule has 1 heterocycles. The minimum atomic E-state index is -3.88. The first kappa shape index (κ1) is 13.4. The number of hydrogen-bond acceptors (Lipinski definition) is 3. The van der Waals surface area contributed by atoms with Gasteiger partial charge in [-0.05, 0) is 37.5 Å². The van der Waals surface area contributed by atoms with E-state index >= 15 is 0 Å². The van der Waals surface area contributed by atoms with Crippen molar-refractivity contribution < 1.29 is 13.2 Å². The molecule has 0 saturated carbocycles. The lowest BCUT2D eigenvalue weighted by molar-refractivity contribution is -0.119. The highest BCUT2D eigenvalue weighted by atomic mass is 35.7. The van der Waals surface area contributed by atoms with Gasteiger partial charge in [0.15, 0.2) is 0 Å². The van der Waals surface area contributed by atoms with Crippen LogP contribution in [0.15, 0.2) is 17.0 Å². The lowest BCUT2D eigenvalue weighted by Gasteiger charge is -2.16. The van der Waals surface area contributed by atoms with Gasteiger partial charge in [-0.3, -0.25) is 4.79 Å². The van der Waals surface area contributed by atoms with Crippen molar-refractivity contribution in [2.75, 3.05) is 5.32 Å². The molecule has 4 nitrogen and oxygen atoms in total. The summed E-state index contributed by atoms with van der Waals surface area (Å²) in [4.78, 5) is 11.9. The maximum absolute atomic E-state index is 11.9. The number of carbonyl (C=O) groups is 1. The van der Waals surface area contributed by atoms with E-state index in [4.69, 9.17) is 10.7 Å². The minimum absolute atomic E-state index is 0.0163. The molecule has 6 heteroatoms. The fourth-order valence-corrected chi connectivity index (χ4v) is 3.14. The molecule has 0 saturated heterocycles. The van der Waals surface area contributed by atoms with E-state index in [1.165, 1.54) is 6.07 Å². The van der Waals surface area contributed by atoms with Gasteiger partial charge in [-0.25, -0.2) is 8.42 Å². The number of benzene rings is 1. The number of amides is 1. The largest absolute Gasteiger partial charge is 0.324 e. The quantitative estimate of drug-likeness (QED) is 0.850. The summed E-state index contributed by atoms with van der Waals surface area (Å²) in [6.07, 6.45) is 0.678. The standard InChI is InChI=1S/C12H14ClNO3S/c1-4-7-5-8-10(9(6-7)18(13,16)17)14-11(15)12(8,2)3/h5-6H,4H2,1-3H3,(H,14,15). The van der Waals surface area contributed by atoms with Gasteiger partial charge in [0.25, 0.3) is 9.05 Å². The van der Waals surface area contributed by atoms with Crippen LogP contribution in [0.5, 0.6) is 0 Å². The molecule has 0 aliphatic carbocycles. The first-order valence-electron chi connectivity index (χ1n) is 5.61. The molecule has 0 unspecified atom stereocenters. The first-order valence-corrected chi connectivity index (χ1v) is 7.92. The fourth-order valence-electron chi connectivity index (χ4n) is 2.08. The number of halogens is 1. The van der Waals surface area contributed by atoms with Gasteiger partial charge in [-0.1, -0.05) is 13.0 Å². The zero-order chi connectivity index (χ0) is 13.7. The molecule has 0 bridgehead atoms.